The monoisotopic (exact) mass is 743 g/mol. The Bertz CT molecular complexity index is 1770. The predicted octanol–water partition coefficient (Wildman–Crippen LogP) is 9.63. The number of para-hydroxylation sites is 2. The van der Waals surface area contributed by atoms with E-state index in [4.69, 9.17) is 5.71 Å². The molecular formula is C39H35HfO2Si. The number of hydrogen-bond donors (Lipinski definition) is 0. The molecule has 4 aromatic rings. The van der Waals surface area contributed by atoms with E-state index in [-0.39, 0.29) is 5.92 Å². The Morgan fingerprint density at radius 3 is 1.70 bits per heavy atom. The Balaban J connectivity index is 1.47. The summed E-state index contributed by atoms with van der Waals surface area (Å²) in [5.74, 6) is 2.25. The van der Waals surface area contributed by atoms with Gasteiger partial charge in [0.15, 0.2) is 0 Å². The van der Waals surface area contributed by atoms with Crippen molar-refractivity contribution in [2.24, 2.45) is 5.92 Å². The molecule has 0 N–H and O–H groups in total. The average Bonchev–Trinajstić information content (AvgIpc) is 3.43. The van der Waals surface area contributed by atoms with Gasteiger partial charge in [-0.15, -0.1) is 0 Å². The number of allylic oxidation sites excluding steroid dienone is 8. The van der Waals surface area contributed by atoms with E-state index >= 15 is 0 Å². The van der Waals surface area contributed by atoms with Crippen LogP contribution in [0, 0.1) is 5.92 Å². The van der Waals surface area contributed by atoms with Gasteiger partial charge < -0.3 is 0 Å². The molecule has 0 fully saturated rings. The summed E-state index contributed by atoms with van der Waals surface area (Å²) in [5, 5.41) is 1.57. The molecule has 4 aromatic carbocycles. The molecule has 0 saturated heterocycles. The summed E-state index contributed by atoms with van der Waals surface area (Å²) in [6, 6.07) is 38.5. The van der Waals surface area contributed by atoms with Crippen molar-refractivity contribution in [3.8, 4) is 22.6 Å². The Kier molecular flexibility index (Phi) is 7.75. The first-order valence-corrected chi connectivity index (χ1v) is 22.3. The molecule has 4 heteroatoms. The summed E-state index contributed by atoms with van der Waals surface area (Å²) >= 11 is -3.51. The SMILES string of the molecule is CC1=[C]([Hf]([O]c2ccccc2)[O]c2ccccc2)C2=CC=CC(=[Si](C)C)C(C)C2=C1C1c2ccccc2-c2ccccc21. The Morgan fingerprint density at radius 2 is 1.16 bits per heavy atom. The fourth-order valence-electron chi connectivity index (χ4n) is 7.02. The first kappa shape index (κ1) is 28.2. The molecule has 1 atom stereocenters. The second-order valence-corrected chi connectivity index (χ2v) is 19.6. The number of fused-ring (bicyclic) bond motifs is 4. The molecule has 0 radical (unpaired) electrons. The van der Waals surface area contributed by atoms with Crippen LogP contribution in [0.4, 0.5) is 0 Å². The van der Waals surface area contributed by atoms with E-state index in [0.29, 0.717) is 5.92 Å². The van der Waals surface area contributed by atoms with Crippen molar-refractivity contribution in [2.75, 3.05) is 0 Å². The van der Waals surface area contributed by atoms with E-state index in [1.165, 1.54) is 47.9 Å². The van der Waals surface area contributed by atoms with Gasteiger partial charge in [-0.05, 0) is 0 Å². The van der Waals surface area contributed by atoms with E-state index in [1.54, 1.807) is 5.17 Å². The zero-order valence-corrected chi connectivity index (χ0v) is 29.7. The molecule has 0 amide bonds. The topological polar surface area (TPSA) is 18.5 Å². The second kappa shape index (κ2) is 11.8. The van der Waals surface area contributed by atoms with Gasteiger partial charge in [-0.25, -0.2) is 0 Å². The second-order valence-electron chi connectivity index (χ2n) is 11.7. The van der Waals surface area contributed by atoms with E-state index in [2.05, 4.69) is 118 Å². The fourth-order valence-corrected chi connectivity index (χ4v) is 15.0. The van der Waals surface area contributed by atoms with Crippen molar-refractivity contribution in [2.45, 2.75) is 32.9 Å². The van der Waals surface area contributed by atoms with Crippen LogP contribution in [0.25, 0.3) is 11.1 Å². The van der Waals surface area contributed by atoms with Crippen LogP contribution >= 0.6 is 0 Å². The first-order valence-electron chi connectivity index (χ1n) is 15.1. The van der Waals surface area contributed by atoms with Crippen molar-refractivity contribution < 1.29 is 28.0 Å². The van der Waals surface area contributed by atoms with Gasteiger partial charge in [0.2, 0.25) is 0 Å². The predicted molar refractivity (Wildman–Crippen MR) is 176 cm³/mol. The van der Waals surface area contributed by atoms with Crippen LogP contribution in [0.5, 0.6) is 11.5 Å². The average molecular weight is 742 g/mol. The molecule has 0 spiro atoms. The maximum atomic E-state index is 6.96. The molecule has 0 aliphatic heterocycles. The fraction of sp³-hybridized carbons (Fsp3) is 0.154. The van der Waals surface area contributed by atoms with Crippen LogP contribution in [-0.2, 0) is 22.3 Å². The summed E-state index contributed by atoms with van der Waals surface area (Å²) in [6.45, 7) is 9.60. The van der Waals surface area contributed by atoms with Crippen molar-refractivity contribution in [1.82, 2.24) is 0 Å². The van der Waals surface area contributed by atoms with Crippen LogP contribution in [0.3, 0.4) is 0 Å². The molecule has 3 aliphatic carbocycles. The van der Waals surface area contributed by atoms with Crippen molar-refractivity contribution in [1.29, 1.82) is 0 Å². The Hall–Kier alpha value is -3.60. The molecule has 0 aromatic heterocycles. The number of benzene rings is 4. The first-order chi connectivity index (χ1) is 21.0. The van der Waals surface area contributed by atoms with E-state index in [0.717, 1.165) is 11.5 Å². The summed E-state index contributed by atoms with van der Waals surface area (Å²) in [4.78, 5) is 0. The van der Waals surface area contributed by atoms with Crippen LogP contribution in [-0.4, -0.2) is 13.6 Å². The van der Waals surface area contributed by atoms with Gasteiger partial charge in [0.1, 0.15) is 0 Å². The van der Waals surface area contributed by atoms with Crippen molar-refractivity contribution >= 4 is 13.6 Å². The van der Waals surface area contributed by atoms with Gasteiger partial charge in [0.25, 0.3) is 0 Å². The molecule has 7 rings (SSSR count). The molecule has 0 saturated carbocycles. The van der Waals surface area contributed by atoms with Crippen molar-refractivity contribution in [3.05, 3.63) is 164 Å². The third kappa shape index (κ3) is 5.05. The molecule has 0 bridgehead atoms. The third-order valence-corrected chi connectivity index (χ3v) is 17.4. The van der Waals surface area contributed by atoms with Crippen LogP contribution in [0.2, 0.25) is 13.1 Å². The number of rotatable bonds is 6. The van der Waals surface area contributed by atoms with E-state index in [1.807, 2.05) is 36.4 Å². The van der Waals surface area contributed by atoms with E-state index in [9.17, 15) is 0 Å². The quantitative estimate of drug-likeness (QED) is 0.183. The summed E-state index contributed by atoms with van der Waals surface area (Å²) in [6.07, 6.45) is 7.03. The molecule has 1 unspecified atom stereocenters. The minimum atomic E-state index is -3.51. The van der Waals surface area contributed by atoms with Crippen LogP contribution < -0.4 is 5.71 Å². The van der Waals surface area contributed by atoms with E-state index < -0.39 is 30.7 Å². The Morgan fingerprint density at radius 1 is 0.651 bits per heavy atom. The molecule has 2 nitrogen and oxygen atoms in total. The Labute approximate surface area is 265 Å². The van der Waals surface area contributed by atoms with Crippen LogP contribution in [0.1, 0.15) is 30.9 Å². The zero-order chi connectivity index (χ0) is 29.5. The minimum absolute atomic E-state index is 0.176. The third-order valence-electron chi connectivity index (χ3n) is 8.88. The molecular weight excluding hydrogens is 707 g/mol. The molecule has 0 heterocycles. The van der Waals surface area contributed by atoms with Gasteiger partial charge in [0, 0.05) is 0 Å². The van der Waals surface area contributed by atoms with Gasteiger partial charge in [-0.1, -0.05) is 0 Å². The van der Waals surface area contributed by atoms with Gasteiger partial charge in [0.05, 0.1) is 0 Å². The molecule has 3 aliphatic rings. The normalized spacial score (nSPS) is 17.3. The van der Waals surface area contributed by atoms with Gasteiger partial charge in [-0.2, -0.15) is 0 Å². The number of hydrogen-bond acceptors (Lipinski definition) is 2. The van der Waals surface area contributed by atoms with Gasteiger partial charge in [-0.3, -0.25) is 0 Å². The maximum absolute atomic E-state index is 6.96. The van der Waals surface area contributed by atoms with Gasteiger partial charge >= 0.3 is 267 Å². The molecule has 43 heavy (non-hydrogen) atoms. The standard InChI is InChI=1S/C27H25Si.2C6H6O.Hf/c1-17-16-19-10-9-15-24(28(3)4)18(2)26(19)25(17)27-22-13-7-5-11-20(22)21-12-6-8-14-23(21)27;2*7-6-4-2-1-3-5-6;/h5-15,18,27H,1-4H3;2*1-5,7H;/q;;;+2/p-2. The molecule has 211 valence electrons. The zero-order valence-electron chi connectivity index (χ0n) is 25.1. The summed E-state index contributed by atoms with van der Waals surface area (Å²) in [7, 11) is -0.663. The van der Waals surface area contributed by atoms with Crippen LogP contribution in [0.15, 0.2) is 153 Å². The summed E-state index contributed by atoms with van der Waals surface area (Å²) < 4.78 is 15.2. The van der Waals surface area contributed by atoms with Crippen molar-refractivity contribution in [3.63, 3.8) is 0 Å². The summed E-state index contributed by atoms with van der Waals surface area (Å²) in [5.41, 5.74) is 11.1.